The summed E-state index contributed by atoms with van der Waals surface area (Å²) in [5.41, 5.74) is 5.54. The van der Waals surface area contributed by atoms with Crippen LogP contribution < -0.4 is 0 Å². The molecule has 110 valence electrons. The molecule has 0 bridgehead atoms. The predicted molar refractivity (Wildman–Crippen MR) is 89.8 cm³/mol. The van der Waals surface area contributed by atoms with Gasteiger partial charge in [-0.1, -0.05) is 55.5 Å². The first-order valence-electron chi connectivity index (χ1n) is 7.78. The van der Waals surface area contributed by atoms with Gasteiger partial charge in [-0.15, -0.1) is 11.6 Å². The molecule has 0 aromatic heterocycles. The lowest BCUT2D eigenvalue weighted by Gasteiger charge is -2.30. The molecule has 0 aliphatic carbocycles. The van der Waals surface area contributed by atoms with Crippen molar-refractivity contribution in [2.75, 3.05) is 13.1 Å². The molecule has 0 fully saturated rings. The molecule has 1 aliphatic rings. The number of aryl methyl sites for hydroxylation is 1. The van der Waals surface area contributed by atoms with Gasteiger partial charge in [-0.25, -0.2) is 0 Å². The average Bonchev–Trinajstić information content (AvgIpc) is 2.55. The van der Waals surface area contributed by atoms with E-state index in [-0.39, 0.29) is 5.38 Å². The molecule has 3 rings (SSSR count). The minimum atomic E-state index is 0.0705. The molecular formula is C19H22ClN. The van der Waals surface area contributed by atoms with Crippen LogP contribution in [-0.2, 0) is 19.4 Å². The van der Waals surface area contributed by atoms with Crippen LogP contribution in [0, 0.1) is 0 Å². The van der Waals surface area contributed by atoms with Crippen molar-refractivity contribution in [1.29, 1.82) is 0 Å². The predicted octanol–water partition coefficient (Wildman–Crippen LogP) is 4.59. The summed E-state index contributed by atoms with van der Waals surface area (Å²) >= 11 is 6.62. The van der Waals surface area contributed by atoms with E-state index in [1.807, 2.05) is 0 Å². The van der Waals surface area contributed by atoms with Crippen LogP contribution in [0.4, 0.5) is 0 Å². The highest BCUT2D eigenvalue weighted by Gasteiger charge is 2.19. The zero-order valence-corrected chi connectivity index (χ0v) is 13.3. The zero-order chi connectivity index (χ0) is 14.7. The number of alkyl halides is 1. The van der Waals surface area contributed by atoms with Crippen molar-refractivity contribution < 1.29 is 0 Å². The Morgan fingerprint density at radius 1 is 1.05 bits per heavy atom. The maximum absolute atomic E-state index is 6.62. The molecule has 21 heavy (non-hydrogen) atoms. The zero-order valence-electron chi connectivity index (χ0n) is 12.6. The first kappa shape index (κ1) is 14.6. The molecule has 2 aromatic carbocycles. The quantitative estimate of drug-likeness (QED) is 0.747. The molecular weight excluding hydrogens is 278 g/mol. The Balaban J connectivity index is 1.64. The van der Waals surface area contributed by atoms with Crippen molar-refractivity contribution in [2.45, 2.75) is 31.7 Å². The maximum atomic E-state index is 6.62. The van der Waals surface area contributed by atoms with Crippen LogP contribution in [0.5, 0.6) is 0 Å². The van der Waals surface area contributed by atoms with Crippen LogP contribution in [0.15, 0.2) is 48.5 Å². The van der Waals surface area contributed by atoms with Crippen LogP contribution in [-0.4, -0.2) is 18.0 Å². The van der Waals surface area contributed by atoms with Crippen molar-refractivity contribution in [1.82, 2.24) is 4.90 Å². The number of benzene rings is 2. The summed E-state index contributed by atoms with van der Waals surface area (Å²) in [6.07, 6.45) is 2.21. The summed E-state index contributed by atoms with van der Waals surface area (Å²) < 4.78 is 0. The second-order valence-electron chi connectivity index (χ2n) is 5.82. The van der Waals surface area contributed by atoms with E-state index < -0.39 is 0 Å². The summed E-state index contributed by atoms with van der Waals surface area (Å²) in [5.74, 6) is 0. The van der Waals surface area contributed by atoms with E-state index in [0.29, 0.717) is 0 Å². The van der Waals surface area contributed by atoms with E-state index in [1.54, 1.807) is 0 Å². The Hall–Kier alpha value is -1.31. The van der Waals surface area contributed by atoms with Crippen LogP contribution in [0.3, 0.4) is 0 Å². The van der Waals surface area contributed by atoms with Gasteiger partial charge < -0.3 is 0 Å². The molecule has 0 spiro atoms. The number of fused-ring (bicyclic) bond motifs is 1. The van der Waals surface area contributed by atoms with Gasteiger partial charge in [0.25, 0.3) is 0 Å². The molecule has 1 unspecified atom stereocenters. The first-order valence-corrected chi connectivity index (χ1v) is 8.22. The first-order chi connectivity index (χ1) is 10.3. The standard InChI is InChI=1S/C19H22ClN/c1-2-15-7-9-17(10-8-15)19(20)14-21-12-11-16-5-3-4-6-18(16)13-21/h3-10,19H,2,11-14H2,1H3. The molecule has 2 aromatic rings. The fourth-order valence-corrected chi connectivity index (χ4v) is 3.34. The van der Waals surface area contributed by atoms with Gasteiger partial charge in [0.1, 0.15) is 0 Å². The van der Waals surface area contributed by atoms with Crippen LogP contribution >= 0.6 is 11.6 Å². The van der Waals surface area contributed by atoms with Crippen LogP contribution in [0.25, 0.3) is 0 Å². The minimum absolute atomic E-state index is 0.0705. The number of nitrogens with zero attached hydrogens (tertiary/aromatic N) is 1. The monoisotopic (exact) mass is 299 g/mol. The molecule has 0 saturated carbocycles. The fraction of sp³-hybridized carbons (Fsp3) is 0.368. The van der Waals surface area contributed by atoms with Gasteiger partial charge >= 0.3 is 0 Å². The highest BCUT2D eigenvalue weighted by molar-refractivity contribution is 6.21. The molecule has 2 heteroatoms. The van der Waals surface area contributed by atoms with E-state index in [2.05, 4.69) is 60.4 Å². The maximum Gasteiger partial charge on any atom is 0.0712 e. The second-order valence-corrected chi connectivity index (χ2v) is 6.34. The van der Waals surface area contributed by atoms with Crippen LogP contribution in [0.1, 0.15) is 34.6 Å². The minimum Gasteiger partial charge on any atom is -0.297 e. The molecule has 1 aliphatic heterocycles. The Kier molecular flexibility index (Phi) is 4.62. The third-order valence-electron chi connectivity index (χ3n) is 4.38. The Labute approximate surface area is 132 Å². The number of hydrogen-bond acceptors (Lipinski definition) is 1. The topological polar surface area (TPSA) is 3.24 Å². The van der Waals surface area contributed by atoms with Gasteiger partial charge in [0, 0.05) is 19.6 Å². The molecule has 1 heterocycles. The smallest absolute Gasteiger partial charge is 0.0712 e. The average molecular weight is 300 g/mol. The van der Waals surface area contributed by atoms with Crippen molar-refractivity contribution >= 4 is 11.6 Å². The van der Waals surface area contributed by atoms with Gasteiger partial charge in [-0.05, 0) is 35.1 Å². The highest BCUT2D eigenvalue weighted by Crippen LogP contribution is 2.25. The van der Waals surface area contributed by atoms with E-state index in [9.17, 15) is 0 Å². The number of halogens is 1. The largest absolute Gasteiger partial charge is 0.297 e. The SMILES string of the molecule is CCc1ccc(C(Cl)CN2CCc3ccccc3C2)cc1. The lowest BCUT2D eigenvalue weighted by Crippen LogP contribution is -2.32. The van der Waals surface area contributed by atoms with E-state index in [4.69, 9.17) is 11.6 Å². The summed E-state index contributed by atoms with van der Waals surface area (Å²) in [5, 5.41) is 0.0705. The Bertz CT molecular complexity index is 591. The third-order valence-corrected chi connectivity index (χ3v) is 4.77. The van der Waals surface area contributed by atoms with E-state index in [1.165, 1.54) is 22.3 Å². The lowest BCUT2D eigenvalue weighted by atomic mass is 9.99. The second kappa shape index (κ2) is 6.64. The molecule has 0 radical (unpaired) electrons. The lowest BCUT2D eigenvalue weighted by molar-refractivity contribution is 0.254. The summed E-state index contributed by atoms with van der Waals surface area (Å²) in [6, 6.07) is 17.5. The normalized spacial score (nSPS) is 16.5. The fourth-order valence-electron chi connectivity index (χ4n) is 3.00. The molecule has 1 atom stereocenters. The summed E-state index contributed by atoms with van der Waals surface area (Å²) in [4.78, 5) is 2.47. The number of rotatable bonds is 4. The van der Waals surface area contributed by atoms with E-state index in [0.717, 1.165) is 32.5 Å². The summed E-state index contributed by atoms with van der Waals surface area (Å²) in [7, 11) is 0. The van der Waals surface area contributed by atoms with Gasteiger partial charge in [0.2, 0.25) is 0 Å². The highest BCUT2D eigenvalue weighted by atomic mass is 35.5. The van der Waals surface area contributed by atoms with Crippen molar-refractivity contribution in [3.8, 4) is 0 Å². The molecule has 0 N–H and O–H groups in total. The molecule has 1 nitrogen and oxygen atoms in total. The van der Waals surface area contributed by atoms with Crippen molar-refractivity contribution in [3.05, 3.63) is 70.8 Å². The van der Waals surface area contributed by atoms with E-state index >= 15 is 0 Å². The summed E-state index contributed by atoms with van der Waals surface area (Å²) in [6.45, 7) is 5.22. The molecule has 0 saturated heterocycles. The Morgan fingerprint density at radius 3 is 2.48 bits per heavy atom. The molecule has 0 amide bonds. The number of hydrogen-bond donors (Lipinski definition) is 0. The van der Waals surface area contributed by atoms with Crippen molar-refractivity contribution in [2.24, 2.45) is 0 Å². The van der Waals surface area contributed by atoms with Gasteiger partial charge in [0.15, 0.2) is 0 Å². The van der Waals surface area contributed by atoms with Crippen LogP contribution in [0.2, 0.25) is 0 Å². The van der Waals surface area contributed by atoms with Crippen molar-refractivity contribution in [3.63, 3.8) is 0 Å². The Morgan fingerprint density at radius 2 is 1.76 bits per heavy atom. The van der Waals surface area contributed by atoms with Gasteiger partial charge in [-0.2, -0.15) is 0 Å². The van der Waals surface area contributed by atoms with Gasteiger partial charge in [-0.3, -0.25) is 4.90 Å². The third kappa shape index (κ3) is 3.48. The van der Waals surface area contributed by atoms with Gasteiger partial charge in [0.05, 0.1) is 5.38 Å².